The van der Waals surface area contributed by atoms with Crippen molar-refractivity contribution in [1.82, 2.24) is 4.90 Å². The number of ether oxygens (including phenoxy) is 1. The maximum Gasteiger partial charge on any atom is 0.176 e. The van der Waals surface area contributed by atoms with Crippen LogP contribution in [0.5, 0.6) is 5.75 Å². The molecule has 0 bridgehead atoms. The van der Waals surface area contributed by atoms with E-state index in [1.165, 1.54) is 5.56 Å². The topological polar surface area (TPSA) is 24.8 Å². The molecule has 0 unspecified atom stereocenters. The molecule has 3 nitrogen and oxygen atoms in total. The highest BCUT2D eigenvalue weighted by Gasteiger charge is 2.22. The van der Waals surface area contributed by atoms with Crippen LogP contribution in [0.2, 0.25) is 0 Å². The van der Waals surface area contributed by atoms with Gasteiger partial charge in [-0.2, -0.15) is 0 Å². The molecule has 0 fully saturated rings. The molecular formula is C19H19N2O+. The van der Waals surface area contributed by atoms with Gasteiger partial charge in [0.25, 0.3) is 0 Å². The molecule has 22 heavy (non-hydrogen) atoms. The van der Waals surface area contributed by atoms with Gasteiger partial charge in [-0.05, 0) is 14.1 Å². The van der Waals surface area contributed by atoms with E-state index < -0.39 is 0 Å². The van der Waals surface area contributed by atoms with Gasteiger partial charge in [0, 0.05) is 23.8 Å². The van der Waals surface area contributed by atoms with Gasteiger partial charge in [0.1, 0.15) is 11.9 Å². The number of hydrogen-bond donors (Lipinski definition) is 0. The van der Waals surface area contributed by atoms with Crippen LogP contribution < -0.4 is 15.2 Å². The lowest BCUT2D eigenvalue weighted by Crippen LogP contribution is -2.35. The van der Waals surface area contributed by atoms with E-state index in [4.69, 9.17) is 4.74 Å². The molecule has 0 amide bonds. The normalized spacial score (nSPS) is 13.1. The first-order valence-corrected chi connectivity index (χ1v) is 7.27. The summed E-state index contributed by atoms with van der Waals surface area (Å²) in [5, 5.41) is 2.12. The Balaban J connectivity index is 2.29. The Kier molecular flexibility index (Phi) is 4.01. The zero-order valence-electron chi connectivity index (χ0n) is 13.1. The van der Waals surface area contributed by atoms with Crippen molar-refractivity contribution in [2.75, 3.05) is 27.7 Å². The first-order chi connectivity index (χ1) is 10.7. The summed E-state index contributed by atoms with van der Waals surface area (Å²) in [5.41, 5.74) is 3.35. The molecule has 0 saturated heterocycles. The second kappa shape index (κ2) is 6.10. The van der Waals surface area contributed by atoms with Crippen LogP contribution in [0.3, 0.4) is 0 Å². The summed E-state index contributed by atoms with van der Waals surface area (Å²) < 4.78 is 5.39. The number of hydrogen-bond acceptors (Lipinski definition) is 3. The molecule has 2 aromatic rings. The number of methoxy groups -OCH3 is 1. The van der Waals surface area contributed by atoms with Crippen molar-refractivity contribution in [2.24, 2.45) is 4.99 Å². The monoisotopic (exact) mass is 291 g/mol. The van der Waals surface area contributed by atoms with E-state index in [-0.39, 0.29) is 0 Å². The van der Waals surface area contributed by atoms with E-state index >= 15 is 0 Å². The van der Waals surface area contributed by atoms with E-state index in [1.807, 2.05) is 32.3 Å². The number of aliphatic imine (C=N–C) groups is 1. The molecule has 110 valence electrons. The Bertz CT molecular complexity index is 820. The minimum atomic E-state index is 0.772. The summed E-state index contributed by atoms with van der Waals surface area (Å²) in [5.74, 6) is 0.847. The Morgan fingerprint density at radius 2 is 1.86 bits per heavy atom. The van der Waals surface area contributed by atoms with Gasteiger partial charge in [-0.15, -0.1) is 4.99 Å². The van der Waals surface area contributed by atoms with Gasteiger partial charge in [-0.3, -0.25) is 4.90 Å². The summed E-state index contributed by atoms with van der Waals surface area (Å²) >= 11 is 0. The number of fused-ring (bicyclic) bond motifs is 1. The molecular weight excluding hydrogens is 272 g/mol. The molecule has 0 spiro atoms. The summed E-state index contributed by atoms with van der Waals surface area (Å²) in [6.45, 7) is 0.772. The van der Waals surface area contributed by atoms with Gasteiger partial charge in [-0.25, -0.2) is 0 Å². The minimum Gasteiger partial charge on any atom is -0.495 e. The molecule has 0 aromatic heterocycles. The summed E-state index contributed by atoms with van der Waals surface area (Å²) in [6, 6.07) is 16.4. The fourth-order valence-electron chi connectivity index (χ4n) is 2.63. The Labute approximate surface area is 130 Å². The van der Waals surface area contributed by atoms with Crippen molar-refractivity contribution in [1.29, 1.82) is 0 Å². The van der Waals surface area contributed by atoms with E-state index in [2.05, 4.69) is 46.4 Å². The highest BCUT2D eigenvalue weighted by Crippen LogP contribution is 2.16. The van der Waals surface area contributed by atoms with Gasteiger partial charge in [-0.1, -0.05) is 30.3 Å². The SMILES string of the molecule is COc1ccc2c(c1)=C(c1ccccc1)C(CN(C)C)=N[C+]=2. The van der Waals surface area contributed by atoms with Crippen LogP contribution in [0.4, 0.5) is 0 Å². The third kappa shape index (κ3) is 2.77. The van der Waals surface area contributed by atoms with Gasteiger partial charge in [0.05, 0.1) is 24.4 Å². The third-order valence-electron chi connectivity index (χ3n) is 3.62. The predicted octanol–water partition coefficient (Wildman–Crippen LogP) is 1.53. The van der Waals surface area contributed by atoms with Crippen molar-refractivity contribution < 1.29 is 4.74 Å². The first kappa shape index (κ1) is 14.5. The van der Waals surface area contributed by atoms with Gasteiger partial charge in [0.15, 0.2) is 10.9 Å². The van der Waals surface area contributed by atoms with Gasteiger partial charge >= 0.3 is 0 Å². The third-order valence-corrected chi connectivity index (χ3v) is 3.62. The maximum atomic E-state index is 5.39. The molecule has 0 atom stereocenters. The Morgan fingerprint density at radius 3 is 2.55 bits per heavy atom. The van der Waals surface area contributed by atoms with E-state index in [9.17, 15) is 0 Å². The molecule has 3 heteroatoms. The van der Waals surface area contributed by atoms with Crippen LogP contribution in [0.15, 0.2) is 53.5 Å². The summed E-state index contributed by atoms with van der Waals surface area (Å²) in [7, 11) is 5.79. The molecule has 1 heterocycles. The number of benzene rings is 2. The molecule has 2 aromatic carbocycles. The van der Waals surface area contributed by atoms with Gasteiger partial charge in [0.2, 0.25) is 0 Å². The quantitative estimate of drug-likeness (QED) is 0.798. The highest BCUT2D eigenvalue weighted by molar-refractivity contribution is 6.25. The van der Waals surface area contributed by atoms with Crippen molar-refractivity contribution >= 4 is 17.5 Å². The Morgan fingerprint density at radius 1 is 1.09 bits per heavy atom. The van der Waals surface area contributed by atoms with Crippen molar-refractivity contribution in [3.63, 3.8) is 0 Å². The number of rotatable bonds is 4. The van der Waals surface area contributed by atoms with Crippen LogP contribution in [0.25, 0.3) is 11.8 Å². The largest absolute Gasteiger partial charge is 0.495 e. The van der Waals surface area contributed by atoms with E-state index in [1.54, 1.807) is 7.11 Å². The Hall–Kier alpha value is -2.48. The average Bonchev–Trinajstić information content (AvgIpc) is 2.54. The summed E-state index contributed by atoms with van der Waals surface area (Å²) in [6.07, 6.45) is 3.15. The fourth-order valence-corrected chi connectivity index (χ4v) is 2.63. The van der Waals surface area contributed by atoms with E-state index in [0.717, 1.165) is 34.0 Å². The van der Waals surface area contributed by atoms with E-state index in [0.29, 0.717) is 0 Å². The highest BCUT2D eigenvalue weighted by atomic mass is 16.5. The molecule has 0 aliphatic carbocycles. The smallest absolute Gasteiger partial charge is 0.176 e. The molecule has 0 saturated carbocycles. The van der Waals surface area contributed by atoms with Crippen molar-refractivity contribution in [3.05, 3.63) is 64.5 Å². The minimum absolute atomic E-state index is 0.772. The zero-order chi connectivity index (χ0) is 15.5. The second-order valence-electron chi connectivity index (χ2n) is 5.56. The van der Waals surface area contributed by atoms with Crippen LogP contribution in [-0.2, 0) is 0 Å². The lowest BCUT2D eigenvalue weighted by atomic mass is 9.95. The maximum absolute atomic E-state index is 5.39. The van der Waals surface area contributed by atoms with Crippen LogP contribution in [-0.4, -0.2) is 38.4 Å². The number of nitrogens with zero attached hydrogens (tertiary/aromatic N) is 2. The van der Waals surface area contributed by atoms with Crippen LogP contribution in [0, 0.1) is 0 Å². The van der Waals surface area contributed by atoms with Crippen LogP contribution >= 0.6 is 0 Å². The lowest BCUT2D eigenvalue weighted by molar-refractivity contribution is 0.414. The lowest BCUT2D eigenvalue weighted by Gasteiger charge is -2.12. The molecule has 0 N–H and O–H groups in total. The predicted molar refractivity (Wildman–Crippen MR) is 90.6 cm³/mol. The molecule has 1 aliphatic heterocycles. The standard InChI is InChI=1S/C19H19N2O/c1-21(2)13-18-19(14-7-5-4-6-8-14)17-11-16(22-3)10-9-15(17)12-20-18/h4-11H,13H2,1-3H3/q+1. The first-order valence-electron chi connectivity index (χ1n) is 7.27. The summed E-state index contributed by atoms with van der Waals surface area (Å²) in [4.78, 5) is 6.69. The van der Waals surface area contributed by atoms with Gasteiger partial charge < -0.3 is 4.74 Å². The molecule has 3 rings (SSSR count). The zero-order valence-corrected chi connectivity index (χ0v) is 13.1. The fraction of sp³-hybridized carbons (Fsp3) is 0.211. The molecule has 0 radical (unpaired) electrons. The average molecular weight is 291 g/mol. The molecule has 1 aliphatic rings. The van der Waals surface area contributed by atoms with Crippen molar-refractivity contribution in [3.8, 4) is 5.75 Å². The van der Waals surface area contributed by atoms with Crippen molar-refractivity contribution in [2.45, 2.75) is 0 Å². The van der Waals surface area contributed by atoms with Crippen LogP contribution in [0.1, 0.15) is 5.56 Å². The second-order valence-corrected chi connectivity index (χ2v) is 5.56.